The van der Waals surface area contributed by atoms with E-state index in [0.29, 0.717) is 5.69 Å². The molecule has 0 aliphatic carbocycles. The third kappa shape index (κ3) is 7.16. The molecule has 3 aromatic carbocycles. The van der Waals surface area contributed by atoms with Crippen LogP contribution in [-0.2, 0) is 30.2 Å². The summed E-state index contributed by atoms with van der Waals surface area (Å²) in [7, 11) is -7.52. The number of benzene rings is 3. The molecule has 0 unspecified atom stereocenters. The van der Waals surface area contributed by atoms with E-state index in [2.05, 4.69) is 42.5 Å². The zero-order valence-electron chi connectivity index (χ0n) is 22.8. The van der Waals surface area contributed by atoms with Gasteiger partial charge in [-0.25, -0.2) is 8.42 Å². The summed E-state index contributed by atoms with van der Waals surface area (Å²) >= 11 is 11.8. The summed E-state index contributed by atoms with van der Waals surface area (Å²) in [5.41, 5.74) is 1.60. The second-order valence-electron chi connectivity index (χ2n) is 9.57. The van der Waals surface area contributed by atoms with Crippen molar-refractivity contribution in [1.29, 1.82) is 0 Å². The van der Waals surface area contributed by atoms with Crippen molar-refractivity contribution in [2.75, 3.05) is 11.6 Å². The zero-order valence-corrected chi connectivity index (χ0v) is 25.9. The minimum Gasteiger partial charge on any atom is -0.744 e. The minimum atomic E-state index is -4.95. The third-order valence-corrected chi connectivity index (χ3v) is 9.37. The highest BCUT2D eigenvalue weighted by molar-refractivity contribution is 8.25. The number of aryl methyl sites for hydroxylation is 1. The summed E-state index contributed by atoms with van der Waals surface area (Å²) in [6.45, 7) is 2.17. The lowest BCUT2D eigenvalue weighted by molar-refractivity contribution is -0.470. The molecule has 2 heterocycles. The van der Waals surface area contributed by atoms with E-state index in [4.69, 9.17) is 31.9 Å². The molecule has 2 N–H and O–H groups in total. The Morgan fingerprint density at radius 2 is 1.70 bits per heavy atom. The standard InChI is InChI=1S/C26H26Cl2N6O7S2/c1-3-4-5-6-7-15-8-10-17(11-9-15)33-34-22-20(42(2)40-39-41-42)13-16-12-18(43(36,37)38)14-19(21(16)23(22)35)29-26-31-24(27)30-25(28)32-26/h8-14,35H,3-7H2,1-2H3,(H,36,37,38)(H,29,30,31,32)/p-1. The predicted octanol–water partition coefficient (Wildman–Crippen LogP) is 7.74. The lowest BCUT2D eigenvalue weighted by Gasteiger charge is -2.42. The van der Waals surface area contributed by atoms with E-state index in [1.54, 1.807) is 6.26 Å². The molecule has 0 radical (unpaired) electrons. The van der Waals surface area contributed by atoms with Crippen molar-refractivity contribution in [2.24, 2.45) is 10.2 Å². The molecule has 4 aromatic rings. The highest BCUT2D eigenvalue weighted by atomic mass is 35.5. The molecule has 0 spiro atoms. The van der Waals surface area contributed by atoms with Crippen LogP contribution in [0.15, 0.2) is 62.5 Å². The normalized spacial score (nSPS) is 15.5. The SMILES string of the molecule is CCCCCCc1ccc(N=Nc2c(S3(C)OOO3)cc3cc(S(=O)(=O)[O-])cc(Nc4nc(Cl)nc(Cl)n4)c3c2O)cc1. The number of phenols is 1. The molecule has 228 valence electrons. The van der Waals surface area contributed by atoms with Gasteiger partial charge >= 0.3 is 0 Å². The molecule has 1 aromatic heterocycles. The maximum Gasteiger partial charge on any atom is 0.232 e. The molecule has 1 saturated heterocycles. The van der Waals surface area contributed by atoms with Crippen LogP contribution in [0.3, 0.4) is 0 Å². The van der Waals surface area contributed by atoms with Gasteiger partial charge in [-0.2, -0.15) is 20.1 Å². The molecule has 17 heteroatoms. The van der Waals surface area contributed by atoms with Crippen molar-refractivity contribution >= 4 is 77.7 Å². The number of halogens is 2. The van der Waals surface area contributed by atoms with E-state index in [0.717, 1.165) is 25.0 Å². The Labute approximate surface area is 258 Å². The van der Waals surface area contributed by atoms with Gasteiger partial charge in [-0.1, -0.05) is 57.6 Å². The van der Waals surface area contributed by atoms with Crippen LogP contribution in [0.25, 0.3) is 10.8 Å². The number of rotatable bonds is 11. The lowest BCUT2D eigenvalue weighted by atomic mass is 10.1. The van der Waals surface area contributed by atoms with Crippen LogP contribution >= 0.6 is 33.8 Å². The van der Waals surface area contributed by atoms with Crippen LogP contribution in [0, 0.1) is 0 Å². The van der Waals surface area contributed by atoms with Gasteiger partial charge in [0.15, 0.2) is 11.4 Å². The monoisotopic (exact) mass is 667 g/mol. The molecule has 13 nitrogen and oxygen atoms in total. The number of aromatic hydroxyl groups is 1. The molecular formula is C26H25Cl2N6O7S2-. The number of nitrogens with zero attached hydrogens (tertiary/aromatic N) is 5. The van der Waals surface area contributed by atoms with Crippen LogP contribution in [0.1, 0.15) is 38.2 Å². The van der Waals surface area contributed by atoms with E-state index in [1.807, 2.05) is 24.3 Å². The average Bonchev–Trinajstić information content (AvgIpc) is 2.93. The van der Waals surface area contributed by atoms with Crippen molar-refractivity contribution in [3.05, 3.63) is 58.6 Å². The smallest absolute Gasteiger partial charge is 0.232 e. The fourth-order valence-electron chi connectivity index (χ4n) is 4.36. The van der Waals surface area contributed by atoms with Gasteiger partial charge in [-0.05, 0) is 82.4 Å². The Kier molecular flexibility index (Phi) is 9.34. The predicted molar refractivity (Wildman–Crippen MR) is 160 cm³/mol. The molecule has 0 atom stereocenters. The van der Waals surface area contributed by atoms with E-state index in [9.17, 15) is 18.1 Å². The van der Waals surface area contributed by atoms with E-state index in [1.165, 1.54) is 30.9 Å². The first-order valence-corrected chi connectivity index (χ1v) is 17.0. The highest BCUT2D eigenvalue weighted by Gasteiger charge is 2.36. The topological polar surface area (TPSA) is 181 Å². The number of hydrogen-bond donors (Lipinski definition) is 2. The second kappa shape index (κ2) is 12.8. The first-order valence-electron chi connectivity index (χ1n) is 12.9. The van der Waals surface area contributed by atoms with Crippen LogP contribution in [-0.4, -0.2) is 39.3 Å². The van der Waals surface area contributed by atoms with E-state index < -0.39 is 31.4 Å². The molecule has 1 aliphatic heterocycles. The maximum atomic E-state index is 12.0. The Bertz CT molecular complexity index is 1790. The zero-order chi connectivity index (χ0) is 30.8. The number of fused-ring (bicyclic) bond motifs is 1. The lowest BCUT2D eigenvalue weighted by Crippen LogP contribution is -2.18. The number of aromatic nitrogens is 3. The molecular weight excluding hydrogens is 643 g/mol. The fraction of sp³-hybridized carbons (Fsp3) is 0.269. The Morgan fingerprint density at radius 3 is 2.30 bits per heavy atom. The molecule has 0 amide bonds. The van der Waals surface area contributed by atoms with Crippen LogP contribution in [0.4, 0.5) is 23.0 Å². The van der Waals surface area contributed by atoms with Gasteiger partial charge in [-0.15, -0.1) is 5.11 Å². The van der Waals surface area contributed by atoms with Gasteiger partial charge in [0, 0.05) is 11.6 Å². The van der Waals surface area contributed by atoms with E-state index >= 15 is 0 Å². The Hall–Kier alpha value is -3.15. The molecule has 5 rings (SSSR count). The quantitative estimate of drug-likeness (QED) is 0.0690. The van der Waals surface area contributed by atoms with Crippen LogP contribution < -0.4 is 5.32 Å². The van der Waals surface area contributed by atoms with Gasteiger partial charge in [0.2, 0.25) is 16.5 Å². The fourth-order valence-corrected chi connectivity index (χ4v) is 6.46. The number of azo groups is 1. The number of anilines is 2. The van der Waals surface area contributed by atoms with Gasteiger partial charge in [0.25, 0.3) is 0 Å². The van der Waals surface area contributed by atoms with Gasteiger partial charge < -0.3 is 15.0 Å². The van der Waals surface area contributed by atoms with Crippen LogP contribution in [0.5, 0.6) is 5.75 Å². The number of hydrogen-bond acceptors (Lipinski definition) is 13. The summed E-state index contributed by atoms with van der Waals surface area (Å²) < 4.78 is 46.5. The Balaban J connectivity index is 1.61. The Morgan fingerprint density at radius 1 is 1.00 bits per heavy atom. The largest absolute Gasteiger partial charge is 0.744 e. The summed E-state index contributed by atoms with van der Waals surface area (Å²) in [5.74, 6) is -0.606. The average molecular weight is 669 g/mol. The van der Waals surface area contributed by atoms with Crippen molar-refractivity contribution < 1.29 is 31.8 Å². The summed E-state index contributed by atoms with van der Waals surface area (Å²) in [6, 6.07) is 11.2. The van der Waals surface area contributed by atoms with E-state index in [-0.39, 0.29) is 43.6 Å². The first-order chi connectivity index (χ1) is 20.5. The number of phenolic OH excluding ortho intramolecular Hbond substituents is 1. The molecule has 1 aliphatic rings. The van der Waals surface area contributed by atoms with Crippen molar-refractivity contribution in [3.63, 3.8) is 0 Å². The maximum absolute atomic E-state index is 12.0. The summed E-state index contributed by atoms with van der Waals surface area (Å²) in [5, 5.41) is 27.2. The second-order valence-corrected chi connectivity index (χ2v) is 13.9. The first kappa shape index (κ1) is 31.3. The molecule has 43 heavy (non-hydrogen) atoms. The third-order valence-electron chi connectivity index (χ3n) is 6.47. The number of nitrogens with one attached hydrogen (secondary N) is 1. The van der Waals surface area contributed by atoms with Gasteiger partial charge in [0.1, 0.15) is 10.1 Å². The molecule has 0 bridgehead atoms. The van der Waals surface area contributed by atoms with Gasteiger partial charge in [-0.3, -0.25) is 0 Å². The van der Waals surface area contributed by atoms with Crippen molar-refractivity contribution in [3.8, 4) is 5.75 Å². The van der Waals surface area contributed by atoms with Crippen molar-refractivity contribution in [1.82, 2.24) is 15.0 Å². The van der Waals surface area contributed by atoms with Crippen molar-refractivity contribution in [2.45, 2.75) is 48.8 Å². The molecule has 0 saturated carbocycles. The highest BCUT2D eigenvalue weighted by Crippen LogP contribution is 2.66. The molecule has 1 fully saturated rings. The summed E-state index contributed by atoms with van der Waals surface area (Å²) in [6.07, 6.45) is 7.17. The number of unbranched alkanes of at least 4 members (excludes halogenated alkanes) is 3. The minimum absolute atomic E-state index is 0.0376. The summed E-state index contributed by atoms with van der Waals surface area (Å²) in [4.78, 5) is 11.1. The van der Waals surface area contributed by atoms with Gasteiger partial charge in [0.05, 0.1) is 21.2 Å². The van der Waals surface area contributed by atoms with Crippen LogP contribution in [0.2, 0.25) is 10.6 Å².